The molecule has 0 heterocycles. The lowest BCUT2D eigenvalue weighted by molar-refractivity contribution is -0.131. The molecule has 1 saturated carbocycles. The number of carbonyl (C=O) groups excluding carboxylic acids is 2. The predicted octanol–water partition coefficient (Wildman–Crippen LogP) is 3.01. The van der Waals surface area contributed by atoms with E-state index in [4.69, 9.17) is 14.2 Å². The van der Waals surface area contributed by atoms with E-state index in [0.717, 1.165) is 25.7 Å². The second-order valence-corrected chi connectivity index (χ2v) is 7.03. The van der Waals surface area contributed by atoms with E-state index in [-0.39, 0.29) is 17.9 Å². The van der Waals surface area contributed by atoms with Gasteiger partial charge in [-0.25, -0.2) is 0 Å². The third-order valence-corrected chi connectivity index (χ3v) is 5.24. The summed E-state index contributed by atoms with van der Waals surface area (Å²) >= 11 is 0. The summed E-state index contributed by atoms with van der Waals surface area (Å²) in [6.07, 6.45) is 6.87. The van der Waals surface area contributed by atoms with Crippen LogP contribution in [0.1, 0.15) is 55.8 Å². The van der Waals surface area contributed by atoms with Crippen molar-refractivity contribution in [1.29, 1.82) is 0 Å². The van der Waals surface area contributed by atoms with Crippen molar-refractivity contribution in [3.05, 3.63) is 17.7 Å². The van der Waals surface area contributed by atoms with Crippen LogP contribution in [0.4, 0.5) is 0 Å². The SMILES string of the molecule is COc1cc(C(=O)NCCN(C(C)=O)C2CCCCCC2)cc(OC)c1OC. The van der Waals surface area contributed by atoms with Crippen LogP contribution < -0.4 is 19.5 Å². The van der Waals surface area contributed by atoms with E-state index in [1.807, 2.05) is 4.90 Å². The Balaban J connectivity index is 2.01. The van der Waals surface area contributed by atoms with Gasteiger partial charge in [-0.2, -0.15) is 0 Å². The summed E-state index contributed by atoms with van der Waals surface area (Å²) in [5.41, 5.74) is 0.415. The Bertz CT molecular complexity index is 644. The van der Waals surface area contributed by atoms with Crippen LogP contribution in [0.25, 0.3) is 0 Å². The Labute approximate surface area is 167 Å². The lowest BCUT2D eigenvalue weighted by Crippen LogP contribution is -2.43. The first-order valence-corrected chi connectivity index (χ1v) is 9.87. The fraction of sp³-hybridized carbons (Fsp3) is 0.619. The van der Waals surface area contributed by atoms with Crippen LogP contribution in [-0.2, 0) is 4.79 Å². The van der Waals surface area contributed by atoms with Crippen LogP contribution in [0.5, 0.6) is 17.2 Å². The summed E-state index contributed by atoms with van der Waals surface area (Å²) in [6.45, 7) is 2.51. The van der Waals surface area contributed by atoms with Gasteiger partial charge in [-0.05, 0) is 25.0 Å². The van der Waals surface area contributed by atoms with Crippen LogP contribution in [0.15, 0.2) is 12.1 Å². The van der Waals surface area contributed by atoms with Gasteiger partial charge in [0.1, 0.15) is 0 Å². The average Bonchev–Trinajstić information content (AvgIpc) is 2.98. The van der Waals surface area contributed by atoms with Crippen molar-refractivity contribution in [2.24, 2.45) is 0 Å². The molecule has 1 aromatic rings. The second kappa shape index (κ2) is 10.8. The fourth-order valence-corrected chi connectivity index (χ4v) is 3.77. The summed E-state index contributed by atoms with van der Waals surface area (Å²) in [5, 5.41) is 2.89. The molecule has 1 fully saturated rings. The molecule has 1 aromatic carbocycles. The van der Waals surface area contributed by atoms with Gasteiger partial charge in [-0.3, -0.25) is 9.59 Å². The van der Waals surface area contributed by atoms with Gasteiger partial charge in [0, 0.05) is 31.6 Å². The number of ether oxygens (including phenoxy) is 3. The van der Waals surface area contributed by atoms with E-state index in [9.17, 15) is 9.59 Å². The highest BCUT2D eigenvalue weighted by Gasteiger charge is 2.22. The van der Waals surface area contributed by atoms with Gasteiger partial charge in [-0.1, -0.05) is 25.7 Å². The molecule has 0 unspecified atom stereocenters. The molecule has 2 rings (SSSR count). The van der Waals surface area contributed by atoms with E-state index >= 15 is 0 Å². The van der Waals surface area contributed by atoms with Gasteiger partial charge in [0.2, 0.25) is 11.7 Å². The van der Waals surface area contributed by atoms with Crippen molar-refractivity contribution in [2.45, 2.75) is 51.5 Å². The van der Waals surface area contributed by atoms with Crippen molar-refractivity contribution in [3.63, 3.8) is 0 Å². The maximum absolute atomic E-state index is 12.6. The molecule has 0 aromatic heterocycles. The summed E-state index contributed by atoms with van der Waals surface area (Å²) in [4.78, 5) is 26.6. The van der Waals surface area contributed by atoms with E-state index in [1.54, 1.807) is 19.1 Å². The van der Waals surface area contributed by atoms with Crippen molar-refractivity contribution >= 4 is 11.8 Å². The smallest absolute Gasteiger partial charge is 0.251 e. The molecule has 28 heavy (non-hydrogen) atoms. The van der Waals surface area contributed by atoms with Crippen molar-refractivity contribution < 1.29 is 23.8 Å². The maximum atomic E-state index is 12.6. The largest absolute Gasteiger partial charge is 0.493 e. The highest BCUT2D eigenvalue weighted by Crippen LogP contribution is 2.38. The van der Waals surface area contributed by atoms with Gasteiger partial charge in [0.15, 0.2) is 11.5 Å². The number of nitrogens with zero attached hydrogens (tertiary/aromatic N) is 1. The van der Waals surface area contributed by atoms with Crippen LogP contribution in [0, 0.1) is 0 Å². The molecule has 0 aliphatic heterocycles. The van der Waals surface area contributed by atoms with Crippen LogP contribution in [-0.4, -0.2) is 57.2 Å². The molecule has 1 aliphatic rings. The number of hydrogen-bond donors (Lipinski definition) is 1. The Kier molecular flexibility index (Phi) is 8.42. The number of rotatable bonds is 8. The molecule has 2 amide bonds. The Morgan fingerprint density at radius 1 is 1.00 bits per heavy atom. The first-order chi connectivity index (χ1) is 13.5. The third kappa shape index (κ3) is 5.53. The van der Waals surface area contributed by atoms with Gasteiger partial charge >= 0.3 is 0 Å². The molecular formula is C21H32N2O5. The average molecular weight is 392 g/mol. The second-order valence-electron chi connectivity index (χ2n) is 7.03. The minimum atomic E-state index is -0.247. The molecule has 7 nitrogen and oxygen atoms in total. The number of hydrogen-bond acceptors (Lipinski definition) is 5. The molecule has 0 saturated heterocycles. The van der Waals surface area contributed by atoms with Crippen LogP contribution in [0.2, 0.25) is 0 Å². The summed E-state index contributed by atoms with van der Waals surface area (Å²) in [6, 6.07) is 3.51. The third-order valence-electron chi connectivity index (χ3n) is 5.24. The molecule has 156 valence electrons. The lowest BCUT2D eigenvalue weighted by atomic mass is 10.1. The van der Waals surface area contributed by atoms with Crippen molar-refractivity contribution in [2.75, 3.05) is 34.4 Å². The maximum Gasteiger partial charge on any atom is 0.251 e. The highest BCUT2D eigenvalue weighted by molar-refractivity contribution is 5.95. The fourth-order valence-electron chi connectivity index (χ4n) is 3.77. The summed E-state index contributed by atoms with van der Waals surface area (Å²) in [7, 11) is 4.54. The predicted molar refractivity (Wildman–Crippen MR) is 107 cm³/mol. The molecule has 7 heteroatoms. The topological polar surface area (TPSA) is 77.1 Å². The van der Waals surface area contributed by atoms with E-state index in [1.165, 1.54) is 34.2 Å². The standard InChI is InChI=1S/C21H32N2O5/c1-15(24)23(17-9-7-5-6-8-10-17)12-11-22-21(25)16-13-18(26-2)20(28-4)19(14-16)27-3/h13-14,17H,5-12H2,1-4H3,(H,22,25). The minimum absolute atomic E-state index is 0.0638. The van der Waals surface area contributed by atoms with Crippen LogP contribution >= 0.6 is 0 Å². The first-order valence-electron chi connectivity index (χ1n) is 9.87. The van der Waals surface area contributed by atoms with Gasteiger partial charge in [0.05, 0.1) is 21.3 Å². The van der Waals surface area contributed by atoms with Crippen molar-refractivity contribution in [1.82, 2.24) is 10.2 Å². The molecule has 1 N–H and O–H groups in total. The lowest BCUT2D eigenvalue weighted by Gasteiger charge is -2.30. The number of carbonyl (C=O) groups is 2. The summed E-state index contributed by atoms with van der Waals surface area (Å²) < 4.78 is 15.9. The zero-order valence-electron chi connectivity index (χ0n) is 17.4. The van der Waals surface area contributed by atoms with Gasteiger partial charge < -0.3 is 24.4 Å². The monoisotopic (exact) mass is 392 g/mol. The number of amides is 2. The number of benzene rings is 1. The van der Waals surface area contributed by atoms with E-state index in [2.05, 4.69) is 5.32 Å². The highest BCUT2D eigenvalue weighted by atomic mass is 16.5. The molecule has 1 aliphatic carbocycles. The summed E-state index contributed by atoms with van der Waals surface area (Å²) in [5.74, 6) is 1.11. The van der Waals surface area contributed by atoms with E-state index in [0.29, 0.717) is 35.9 Å². The van der Waals surface area contributed by atoms with Gasteiger partial charge in [-0.15, -0.1) is 0 Å². The number of nitrogens with one attached hydrogen (secondary N) is 1. The van der Waals surface area contributed by atoms with Crippen LogP contribution in [0.3, 0.4) is 0 Å². The zero-order valence-corrected chi connectivity index (χ0v) is 17.4. The Morgan fingerprint density at radius 3 is 2.04 bits per heavy atom. The van der Waals surface area contributed by atoms with Gasteiger partial charge in [0.25, 0.3) is 5.91 Å². The first kappa shape index (κ1) is 21.9. The molecule has 0 spiro atoms. The molecule has 0 bridgehead atoms. The zero-order chi connectivity index (χ0) is 20.5. The molecule has 0 atom stereocenters. The minimum Gasteiger partial charge on any atom is -0.493 e. The number of methoxy groups -OCH3 is 3. The molecule has 0 radical (unpaired) electrons. The van der Waals surface area contributed by atoms with E-state index < -0.39 is 0 Å². The molecular weight excluding hydrogens is 360 g/mol. The quantitative estimate of drug-likeness (QED) is 0.688. The Morgan fingerprint density at radius 2 is 1.57 bits per heavy atom. The van der Waals surface area contributed by atoms with Crippen molar-refractivity contribution in [3.8, 4) is 17.2 Å². The normalized spacial score (nSPS) is 14.7. The Hall–Kier alpha value is -2.44.